The summed E-state index contributed by atoms with van der Waals surface area (Å²) in [5.41, 5.74) is 11.0. The predicted octanol–water partition coefficient (Wildman–Crippen LogP) is 2.92. The highest BCUT2D eigenvalue weighted by molar-refractivity contribution is 5.95. The normalized spacial score (nSPS) is 18.1. The van der Waals surface area contributed by atoms with Crippen molar-refractivity contribution in [1.82, 2.24) is 15.1 Å². The maximum absolute atomic E-state index is 13.0. The molecule has 138 valence electrons. The van der Waals surface area contributed by atoms with Gasteiger partial charge >= 0.3 is 0 Å². The van der Waals surface area contributed by atoms with E-state index in [9.17, 15) is 4.79 Å². The SMILES string of the molecule is CCc1ccc(-n2nc(C(=O)NC3(CN)CCCC3)c3c2CCC3)cc1. The summed E-state index contributed by atoms with van der Waals surface area (Å²) in [5, 5.41) is 7.96. The molecule has 1 aromatic heterocycles. The second-order valence-corrected chi connectivity index (χ2v) is 7.70. The molecule has 3 N–H and O–H groups in total. The summed E-state index contributed by atoms with van der Waals surface area (Å²) < 4.78 is 1.97. The van der Waals surface area contributed by atoms with E-state index in [0.29, 0.717) is 12.2 Å². The Morgan fingerprint density at radius 3 is 2.58 bits per heavy atom. The van der Waals surface area contributed by atoms with Crippen molar-refractivity contribution < 1.29 is 4.79 Å². The zero-order valence-corrected chi connectivity index (χ0v) is 15.6. The number of nitrogens with two attached hydrogens (primary N) is 1. The molecule has 0 spiro atoms. The van der Waals surface area contributed by atoms with E-state index in [0.717, 1.165) is 62.6 Å². The maximum atomic E-state index is 13.0. The highest BCUT2D eigenvalue weighted by Crippen LogP contribution is 2.31. The molecule has 5 nitrogen and oxygen atoms in total. The summed E-state index contributed by atoms with van der Waals surface area (Å²) in [6.07, 6.45) is 8.22. The van der Waals surface area contributed by atoms with E-state index in [-0.39, 0.29) is 11.4 Å². The van der Waals surface area contributed by atoms with Crippen molar-refractivity contribution in [2.24, 2.45) is 5.73 Å². The monoisotopic (exact) mass is 352 g/mol. The van der Waals surface area contributed by atoms with Crippen LogP contribution < -0.4 is 11.1 Å². The molecule has 1 fully saturated rings. The molecular weight excluding hydrogens is 324 g/mol. The third-order valence-corrected chi connectivity index (χ3v) is 6.06. The lowest BCUT2D eigenvalue weighted by Crippen LogP contribution is -2.51. The average molecular weight is 352 g/mol. The first-order valence-corrected chi connectivity index (χ1v) is 9.88. The first-order valence-electron chi connectivity index (χ1n) is 9.88. The fourth-order valence-electron chi connectivity index (χ4n) is 4.44. The maximum Gasteiger partial charge on any atom is 0.272 e. The van der Waals surface area contributed by atoms with Crippen LogP contribution in [-0.4, -0.2) is 27.8 Å². The third-order valence-electron chi connectivity index (χ3n) is 6.06. The highest BCUT2D eigenvalue weighted by atomic mass is 16.2. The lowest BCUT2D eigenvalue weighted by Gasteiger charge is -2.28. The molecule has 5 heteroatoms. The Balaban J connectivity index is 1.66. The first-order chi connectivity index (χ1) is 12.7. The van der Waals surface area contributed by atoms with Crippen LogP contribution in [0.4, 0.5) is 0 Å². The number of hydrogen-bond acceptors (Lipinski definition) is 3. The zero-order chi connectivity index (χ0) is 18.1. The molecule has 26 heavy (non-hydrogen) atoms. The van der Waals surface area contributed by atoms with Crippen LogP contribution in [0.15, 0.2) is 24.3 Å². The Morgan fingerprint density at radius 2 is 1.92 bits per heavy atom. The van der Waals surface area contributed by atoms with Crippen molar-refractivity contribution in [2.75, 3.05) is 6.54 Å². The summed E-state index contributed by atoms with van der Waals surface area (Å²) in [4.78, 5) is 13.0. The number of aromatic nitrogens is 2. The van der Waals surface area contributed by atoms with Gasteiger partial charge < -0.3 is 11.1 Å². The van der Waals surface area contributed by atoms with Gasteiger partial charge in [0.05, 0.1) is 11.2 Å². The molecule has 0 atom stereocenters. The van der Waals surface area contributed by atoms with Crippen LogP contribution in [0, 0.1) is 0 Å². The van der Waals surface area contributed by atoms with Gasteiger partial charge in [-0.15, -0.1) is 0 Å². The van der Waals surface area contributed by atoms with E-state index in [1.54, 1.807) is 0 Å². The molecule has 4 rings (SSSR count). The number of rotatable bonds is 5. The lowest BCUT2D eigenvalue weighted by molar-refractivity contribution is 0.0896. The number of carbonyl (C=O) groups excluding carboxylic acids is 1. The Morgan fingerprint density at radius 1 is 1.19 bits per heavy atom. The smallest absolute Gasteiger partial charge is 0.272 e. The largest absolute Gasteiger partial charge is 0.344 e. The number of fused-ring (bicyclic) bond motifs is 1. The number of amides is 1. The molecule has 0 bridgehead atoms. The summed E-state index contributed by atoms with van der Waals surface area (Å²) >= 11 is 0. The van der Waals surface area contributed by atoms with E-state index < -0.39 is 0 Å². The molecule has 1 heterocycles. The Hall–Kier alpha value is -2.14. The summed E-state index contributed by atoms with van der Waals surface area (Å²) in [6, 6.07) is 8.48. The van der Waals surface area contributed by atoms with Gasteiger partial charge in [-0.25, -0.2) is 4.68 Å². The molecule has 0 saturated heterocycles. The minimum absolute atomic E-state index is 0.0561. The Bertz CT molecular complexity index is 800. The summed E-state index contributed by atoms with van der Waals surface area (Å²) in [5.74, 6) is -0.0561. The van der Waals surface area contributed by atoms with Gasteiger partial charge in [0.1, 0.15) is 0 Å². The van der Waals surface area contributed by atoms with Crippen LogP contribution in [0.25, 0.3) is 5.69 Å². The molecule has 2 aliphatic carbocycles. The molecule has 0 aliphatic heterocycles. The average Bonchev–Trinajstić information content (AvgIpc) is 3.38. The van der Waals surface area contributed by atoms with Gasteiger partial charge in [-0.2, -0.15) is 5.10 Å². The molecule has 1 saturated carbocycles. The van der Waals surface area contributed by atoms with Crippen LogP contribution in [0.2, 0.25) is 0 Å². The number of carbonyl (C=O) groups is 1. The van der Waals surface area contributed by atoms with E-state index in [2.05, 4.69) is 36.5 Å². The Labute approximate surface area is 155 Å². The van der Waals surface area contributed by atoms with Crippen LogP contribution in [0.1, 0.15) is 66.3 Å². The highest BCUT2D eigenvalue weighted by Gasteiger charge is 2.36. The van der Waals surface area contributed by atoms with Gasteiger partial charge in [0, 0.05) is 17.8 Å². The van der Waals surface area contributed by atoms with Gasteiger partial charge in [-0.3, -0.25) is 4.79 Å². The number of benzene rings is 1. The van der Waals surface area contributed by atoms with Crippen molar-refractivity contribution >= 4 is 5.91 Å². The van der Waals surface area contributed by atoms with Crippen LogP contribution in [0.3, 0.4) is 0 Å². The van der Waals surface area contributed by atoms with E-state index >= 15 is 0 Å². The molecule has 1 amide bonds. The van der Waals surface area contributed by atoms with Gasteiger partial charge in [0.15, 0.2) is 5.69 Å². The third kappa shape index (κ3) is 2.94. The van der Waals surface area contributed by atoms with Crippen molar-refractivity contribution in [2.45, 2.75) is 63.8 Å². The van der Waals surface area contributed by atoms with E-state index in [1.165, 1.54) is 11.3 Å². The lowest BCUT2D eigenvalue weighted by atomic mass is 9.97. The molecular formula is C21H28N4O. The molecule has 0 radical (unpaired) electrons. The van der Waals surface area contributed by atoms with E-state index in [1.807, 2.05) is 4.68 Å². The van der Waals surface area contributed by atoms with Gasteiger partial charge in [-0.05, 0) is 56.2 Å². The summed E-state index contributed by atoms with van der Waals surface area (Å²) in [6.45, 7) is 2.65. The Kier molecular flexibility index (Phi) is 4.57. The fourth-order valence-corrected chi connectivity index (χ4v) is 4.44. The van der Waals surface area contributed by atoms with Crippen LogP contribution in [-0.2, 0) is 19.3 Å². The molecule has 1 aromatic carbocycles. The predicted molar refractivity (Wildman–Crippen MR) is 103 cm³/mol. The minimum atomic E-state index is -0.241. The number of nitrogens with zero attached hydrogens (tertiary/aromatic N) is 2. The fraction of sp³-hybridized carbons (Fsp3) is 0.524. The second kappa shape index (κ2) is 6.88. The quantitative estimate of drug-likeness (QED) is 0.869. The zero-order valence-electron chi connectivity index (χ0n) is 15.6. The number of aryl methyl sites for hydroxylation is 1. The summed E-state index contributed by atoms with van der Waals surface area (Å²) in [7, 11) is 0. The van der Waals surface area contributed by atoms with Crippen molar-refractivity contribution in [3.8, 4) is 5.69 Å². The van der Waals surface area contributed by atoms with Crippen LogP contribution >= 0.6 is 0 Å². The first kappa shape index (κ1) is 17.3. The minimum Gasteiger partial charge on any atom is -0.344 e. The number of hydrogen-bond donors (Lipinski definition) is 2. The van der Waals surface area contributed by atoms with Crippen LogP contribution in [0.5, 0.6) is 0 Å². The van der Waals surface area contributed by atoms with Crippen molar-refractivity contribution in [3.05, 3.63) is 46.8 Å². The van der Waals surface area contributed by atoms with Gasteiger partial charge in [0.25, 0.3) is 5.91 Å². The molecule has 2 aromatic rings. The number of nitrogens with one attached hydrogen (secondary N) is 1. The standard InChI is InChI=1S/C21H28N4O/c1-2-15-8-10-16(11-9-15)25-18-7-5-6-17(18)19(24-25)20(26)23-21(14-22)12-3-4-13-21/h8-11H,2-7,12-14,22H2,1H3,(H,23,26). The topological polar surface area (TPSA) is 72.9 Å². The molecule has 0 unspecified atom stereocenters. The van der Waals surface area contributed by atoms with Crippen molar-refractivity contribution in [3.63, 3.8) is 0 Å². The van der Waals surface area contributed by atoms with Gasteiger partial charge in [0.2, 0.25) is 0 Å². The van der Waals surface area contributed by atoms with Gasteiger partial charge in [-0.1, -0.05) is 31.9 Å². The molecule has 2 aliphatic rings. The van der Waals surface area contributed by atoms with Crippen molar-refractivity contribution in [1.29, 1.82) is 0 Å². The van der Waals surface area contributed by atoms with E-state index in [4.69, 9.17) is 10.8 Å². The second-order valence-electron chi connectivity index (χ2n) is 7.70.